The Morgan fingerprint density at radius 3 is 2.93 bits per heavy atom. The molecule has 2 N–H and O–H groups in total. The first kappa shape index (κ1) is 8.84. The fourth-order valence-corrected chi connectivity index (χ4v) is 1.39. The van der Waals surface area contributed by atoms with Crippen molar-refractivity contribution >= 4 is 17.1 Å². The fraction of sp³-hybridized carbons (Fsp3) is 0.0909. The van der Waals surface area contributed by atoms with Gasteiger partial charge in [-0.25, -0.2) is 0 Å². The molecule has 1 atom stereocenters. The van der Waals surface area contributed by atoms with Crippen molar-refractivity contribution in [2.24, 2.45) is 5.73 Å². The highest BCUT2D eigenvalue weighted by molar-refractivity contribution is 5.83. The molecule has 1 aromatic carbocycles. The molecule has 2 aromatic rings. The van der Waals surface area contributed by atoms with Crippen LogP contribution in [0.25, 0.3) is 10.8 Å². The van der Waals surface area contributed by atoms with E-state index in [1.807, 2.05) is 24.3 Å². The summed E-state index contributed by atoms with van der Waals surface area (Å²) in [7, 11) is 0. The lowest BCUT2D eigenvalue weighted by molar-refractivity contribution is -0.109. The van der Waals surface area contributed by atoms with Gasteiger partial charge in [0.05, 0.1) is 6.04 Å². The summed E-state index contributed by atoms with van der Waals surface area (Å²) in [5.74, 6) is 0. The minimum Gasteiger partial charge on any atom is -0.318 e. The highest BCUT2D eigenvalue weighted by Crippen LogP contribution is 2.17. The molecule has 0 spiro atoms. The third-order valence-electron chi connectivity index (χ3n) is 2.20. The lowest BCUT2D eigenvalue weighted by Crippen LogP contribution is -2.10. The molecule has 3 heteroatoms. The van der Waals surface area contributed by atoms with Gasteiger partial charge < -0.3 is 10.5 Å². The molecule has 0 radical (unpaired) electrons. The van der Waals surface area contributed by atoms with E-state index in [9.17, 15) is 4.79 Å². The zero-order valence-electron chi connectivity index (χ0n) is 7.55. The lowest BCUT2D eigenvalue weighted by atomic mass is 10.0. The van der Waals surface area contributed by atoms with Crippen LogP contribution in [0.15, 0.2) is 36.7 Å². The van der Waals surface area contributed by atoms with Crippen molar-refractivity contribution in [3.05, 3.63) is 42.2 Å². The number of hydrogen-bond donors (Lipinski definition) is 1. The first-order valence-corrected chi connectivity index (χ1v) is 4.36. The van der Waals surface area contributed by atoms with Gasteiger partial charge >= 0.3 is 0 Å². The maximum atomic E-state index is 10.5. The summed E-state index contributed by atoms with van der Waals surface area (Å²) >= 11 is 0. The maximum absolute atomic E-state index is 10.5. The summed E-state index contributed by atoms with van der Waals surface area (Å²) < 4.78 is 0. The van der Waals surface area contributed by atoms with Gasteiger partial charge in [0.2, 0.25) is 0 Å². The van der Waals surface area contributed by atoms with Gasteiger partial charge in [0.1, 0.15) is 6.29 Å². The lowest BCUT2D eigenvalue weighted by Gasteiger charge is -2.05. The van der Waals surface area contributed by atoms with Crippen LogP contribution in [0.3, 0.4) is 0 Å². The number of aromatic nitrogens is 1. The molecule has 3 nitrogen and oxygen atoms in total. The number of carbonyl (C=O) groups excluding carboxylic acids is 1. The van der Waals surface area contributed by atoms with Crippen molar-refractivity contribution in [1.82, 2.24) is 4.98 Å². The predicted molar refractivity (Wildman–Crippen MR) is 54.7 cm³/mol. The third kappa shape index (κ3) is 1.49. The summed E-state index contributed by atoms with van der Waals surface area (Å²) in [4.78, 5) is 14.5. The van der Waals surface area contributed by atoms with E-state index in [4.69, 9.17) is 5.73 Å². The van der Waals surface area contributed by atoms with Crippen molar-refractivity contribution < 1.29 is 4.79 Å². The van der Waals surface area contributed by atoms with Gasteiger partial charge in [0.15, 0.2) is 0 Å². The van der Waals surface area contributed by atoms with Gasteiger partial charge in [0, 0.05) is 17.8 Å². The summed E-state index contributed by atoms with van der Waals surface area (Å²) in [5.41, 5.74) is 6.43. The number of nitrogens with zero attached hydrogens (tertiary/aromatic N) is 1. The van der Waals surface area contributed by atoms with Gasteiger partial charge in [-0.05, 0) is 23.1 Å². The Bertz CT molecular complexity index is 468. The Hall–Kier alpha value is -1.74. The van der Waals surface area contributed by atoms with Gasteiger partial charge in [-0.2, -0.15) is 0 Å². The largest absolute Gasteiger partial charge is 0.318 e. The SMILES string of the molecule is NC(C=O)c1ccc2cnccc2c1. The van der Waals surface area contributed by atoms with E-state index in [-0.39, 0.29) is 0 Å². The Labute approximate surface area is 81.6 Å². The molecule has 2 rings (SSSR count). The van der Waals surface area contributed by atoms with Crippen LogP contribution in [0, 0.1) is 0 Å². The van der Waals surface area contributed by atoms with Crippen molar-refractivity contribution in [3.63, 3.8) is 0 Å². The van der Waals surface area contributed by atoms with Crippen molar-refractivity contribution in [1.29, 1.82) is 0 Å². The molecule has 14 heavy (non-hydrogen) atoms. The number of aldehydes is 1. The second-order valence-electron chi connectivity index (χ2n) is 3.14. The number of pyridine rings is 1. The number of carbonyl (C=O) groups is 1. The Balaban J connectivity index is 2.56. The number of benzene rings is 1. The smallest absolute Gasteiger partial charge is 0.141 e. The van der Waals surface area contributed by atoms with Crippen LogP contribution in [0.2, 0.25) is 0 Å². The number of nitrogens with two attached hydrogens (primary N) is 1. The average Bonchev–Trinajstić information content (AvgIpc) is 2.27. The summed E-state index contributed by atoms with van der Waals surface area (Å²) in [6, 6.07) is 7.05. The highest BCUT2D eigenvalue weighted by atomic mass is 16.1. The Morgan fingerprint density at radius 2 is 2.14 bits per heavy atom. The normalized spacial score (nSPS) is 12.6. The van der Waals surface area contributed by atoms with Crippen LogP contribution in [0.4, 0.5) is 0 Å². The maximum Gasteiger partial charge on any atom is 0.141 e. The van der Waals surface area contributed by atoms with Gasteiger partial charge in [-0.15, -0.1) is 0 Å². The molecule has 0 amide bonds. The molecule has 1 unspecified atom stereocenters. The van der Waals surface area contributed by atoms with E-state index in [2.05, 4.69) is 4.98 Å². The van der Waals surface area contributed by atoms with Crippen LogP contribution in [-0.4, -0.2) is 11.3 Å². The molecule has 70 valence electrons. The van der Waals surface area contributed by atoms with E-state index in [0.717, 1.165) is 22.6 Å². The minimum absolute atomic E-state index is 0.535. The number of fused-ring (bicyclic) bond motifs is 1. The first-order valence-electron chi connectivity index (χ1n) is 4.36. The molecule has 0 aliphatic rings. The molecular weight excluding hydrogens is 176 g/mol. The zero-order valence-corrected chi connectivity index (χ0v) is 7.55. The molecule has 0 saturated carbocycles. The molecule has 0 aliphatic heterocycles. The molecule has 0 bridgehead atoms. The molecular formula is C11H10N2O. The molecule has 0 saturated heterocycles. The monoisotopic (exact) mass is 186 g/mol. The summed E-state index contributed by atoms with van der Waals surface area (Å²) in [6.07, 6.45) is 4.24. The Kier molecular flexibility index (Phi) is 2.24. The number of rotatable bonds is 2. The predicted octanol–water partition coefficient (Wildman–Crippen LogP) is 1.43. The van der Waals surface area contributed by atoms with Crippen molar-refractivity contribution in [3.8, 4) is 0 Å². The number of hydrogen-bond acceptors (Lipinski definition) is 3. The van der Waals surface area contributed by atoms with E-state index in [0.29, 0.717) is 0 Å². The van der Waals surface area contributed by atoms with Crippen LogP contribution in [0.1, 0.15) is 11.6 Å². The highest BCUT2D eigenvalue weighted by Gasteiger charge is 2.03. The molecule has 1 aromatic heterocycles. The van der Waals surface area contributed by atoms with Crippen molar-refractivity contribution in [2.45, 2.75) is 6.04 Å². The van der Waals surface area contributed by atoms with Gasteiger partial charge in [-0.3, -0.25) is 4.98 Å². The van der Waals surface area contributed by atoms with Crippen LogP contribution >= 0.6 is 0 Å². The second-order valence-corrected chi connectivity index (χ2v) is 3.14. The van der Waals surface area contributed by atoms with E-state index < -0.39 is 6.04 Å². The quantitative estimate of drug-likeness (QED) is 0.722. The van der Waals surface area contributed by atoms with Crippen LogP contribution in [-0.2, 0) is 4.79 Å². The third-order valence-corrected chi connectivity index (χ3v) is 2.20. The summed E-state index contributed by atoms with van der Waals surface area (Å²) in [5, 5.41) is 2.10. The van der Waals surface area contributed by atoms with Crippen LogP contribution in [0.5, 0.6) is 0 Å². The zero-order chi connectivity index (χ0) is 9.97. The topological polar surface area (TPSA) is 56.0 Å². The van der Waals surface area contributed by atoms with E-state index in [1.165, 1.54) is 0 Å². The average molecular weight is 186 g/mol. The van der Waals surface area contributed by atoms with Crippen molar-refractivity contribution in [2.75, 3.05) is 0 Å². The van der Waals surface area contributed by atoms with Gasteiger partial charge in [0.25, 0.3) is 0 Å². The Morgan fingerprint density at radius 1 is 1.29 bits per heavy atom. The molecule has 0 fully saturated rings. The second kappa shape index (κ2) is 3.55. The minimum atomic E-state index is -0.535. The first-order chi connectivity index (χ1) is 6.81. The van der Waals surface area contributed by atoms with E-state index >= 15 is 0 Å². The molecule has 1 heterocycles. The van der Waals surface area contributed by atoms with Gasteiger partial charge in [-0.1, -0.05) is 12.1 Å². The summed E-state index contributed by atoms with van der Waals surface area (Å²) in [6.45, 7) is 0. The standard InChI is InChI=1S/C11H10N2O/c12-11(7-14)9-1-2-10-6-13-4-3-8(10)5-9/h1-7,11H,12H2. The van der Waals surface area contributed by atoms with E-state index in [1.54, 1.807) is 12.4 Å². The molecule has 0 aliphatic carbocycles. The fourth-order valence-electron chi connectivity index (χ4n) is 1.39. The van der Waals surface area contributed by atoms with Crippen LogP contribution < -0.4 is 5.73 Å².